The summed E-state index contributed by atoms with van der Waals surface area (Å²) in [6.07, 6.45) is -2.39. The molecule has 0 saturated carbocycles. The average molecular weight is 203 g/mol. The number of alkyl halides is 3. The maximum atomic E-state index is 12.2. The van der Waals surface area contributed by atoms with Crippen molar-refractivity contribution in [1.29, 1.82) is 0 Å². The van der Waals surface area contributed by atoms with Crippen LogP contribution < -0.4 is 0 Å². The van der Waals surface area contributed by atoms with Gasteiger partial charge in [0.1, 0.15) is 0 Å². The number of aromatic nitrogens is 3. The molecule has 0 aliphatic rings. The summed E-state index contributed by atoms with van der Waals surface area (Å²) in [5.41, 5.74) is -0.995. The lowest BCUT2D eigenvalue weighted by molar-refractivity contribution is -0.141. The van der Waals surface area contributed by atoms with E-state index in [1.807, 2.05) is 0 Å². The second kappa shape index (κ2) is 2.60. The Kier molecular flexibility index (Phi) is 1.63. The van der Waals surface area contributed by atoms with Gasteiger partial charge in [0.05, 0.1) is 12.4 Å². The monoisotopic (exact) mass is 203 g/mol. The van der Waals surface area contributed by atoms with Crippen LogP contribution in [0.25, 0.3) is 5.65 Å². The van der Waals surface area contributed by atoms with Crippen molar-refractivity contribution in [2.75, 3.05) is 0 Å². The lowest BCUT2D eigenvalue weighted by Crippen LogP contribution is -2.05. The molecule has 14 heavy (non-hydrogen) atoms. The molecular weight excluding hydrogens is 199 g/mol. The zero-order valence-corrected chi connectivity index (χ0v) is 6.65. The van der Waals surface area contributed by atoms with Crippen molar-refractivity contribution in [2.24, 2.45) is 0 Å². The topological polar surface area (TPSA) is 50.4 Å². The molecule has 74 valence electrons. The normalized spacial score (nSPS) is 12.2. The van der Waals surface area contributed by atoms with Gasteiger partial charge in [-0.3, -0.25) is 0 Å². The quantitative estimate of drug-likeness (QED) is 0.705. The zero-order valence-electron chi connectivity index (χ0n) is 6.65. The maximum absolute atomic E-state index is 12.2. The fraction of sp³-hybridized carbons (Fsp3) is 0.143. The van der Waals surface area contributed by atoms with Gasteiger partial charge in [-0.05, 0) is 0 Å². The number of fused-ring (bicyclic) bond motifs is 1. The van der Waals surface area contributed by atoms with Gasteiger partial charge in [0.2, 0.25) is 0 Å². The van der Waals surface area contributed by atoms with Crippen molar-refractivity contribution >= 4 is 5.65 Å². The second-order valence-electron chi connectivity index (χ2n) is 2.64. The van der Waals surface area contributed by atoms with Crippen molar-refractivity contribution in [1.82, 2.24) is 14.6 Å². The Bertz CT molecular complexity index is 476. The first-order valence-electron chi connectivity index (χ1n) is 3.58. The zero-order chi connectivity index (χ0) is 10.3. The molecule has 0 saturated heterocycles. The van der Waals surface area contributed by atoms with Gasteiger partial charge in [0.15, 0.2) is 17.1 Å². The largest absolute Gasteiger partial charge is 0.505 e. The summed E-state index contributed by atoms with van der Waals surface area (Å²) in [5.74, 6) is -0.241. The first-order valence-corrected chi connectivity index (χ1v) is 3.58. The van der Waals surface area contributed by atoms with E-state index < -0.39 is 11.9 Å². The van der Waals surface area contributed by atoms with Crippen molar-refractivity contribution in [3.8, 4) is 5.75 Å². The van der Waals surface area contributed by atoms with Gasteiger partial charge in [0.25, 0.3) is 0 Å². The molecule has 0 amide bonds. The van der Waals surface area contributed by atoms with E-state index in [4.69, 9.17) is 5.11 Å². The van der Waals surface area contributed by atoms with Crippen LogP contribution in [-0.2, 0) is 6.18 Å². The molecule has 0 aliphatic heterocycles. The minimum Gasteiger partial charge on any atom is -0.505 e. The molecule has 2 heterocycles. The number of halogens is 3. The van der Waals surface area contributed by atoms with E-state index in [2.05, 4.69) is 10.1 Å². The minimum absolute atomic E-state index is 0.0372. The second-order valence-corrected chi connectivity index (χ2v) is 2.64. The molecule has 0 radical (unpaired) electrons. The number of rotatable bonds is 0. The molecule has 0 bridgehead atoms. The Morgan fingerprint density at radius 1 is 1.36 bits per heavy atom. The van der Waals surface area contributed by atoms with E-state index in [1.165, 1.54) is 0 Å². The summed E-state index contributed by atoms with van der Waals surface area (Å²) >= 11 is 0. The Hall–Kier alpha value is -1.79. The van der Waals surface area contributed by atoms with Crippen LogP contribution in [0.15, 0.2) is 18.5 Å². The van der Waals surface area contributed by atoms with Gasteiger partial charge in [-0.25, -0.2) is 9.50 Å². The SMILES string of the molecule is Oc1cnc2cc(C(F)(F)F)nn2c1. The van der Waals surface area contributed by atoms with Gasteiger partial charge in [-0.15, -0.1) is 0 Å². The minimum atomic E-state index is -4.50. The molecule has 2 rings (SSSR count). The third-order valence-corrected chi connectivity index (χ3v) is 1.59. The molecule has 2 aromatic rings. The molecule has 1 N–H and O–H groups in total. The van der Waals surface area contributed by atoms with Crippen LogP contribution in [0.2, 0.25) is 0 Å². The van der Waals surface area contributed by atoms with E-state index in [0.717, 1.165) is 23.0 Å². The molecule has 0 aromatic carbocycles. The van der Waals surface area contributed by atoms with Crippen molar-refractivity contribution in [2.45, 2.75) is 6.18 Å². The van der Waals surface area contributed by atoms with Gasteiger partial charge in [0, 0.05) is 6.07 Å². The van der Waals surface area contributed by atoms with E-state index in [9.17, 15) is 13.2 Å². The summed E-state index contributed by atoms with van der Waals surface area (Å²) in [6, 6.07) is 0.805. The Balaban J connectivity index is 2.63. The molecule has 0 spiro atoms. The highest BCUT2D eigenvalue weighted by Gasteiger charge is 2.34. The summed E-state index contributed by atoms with van der Waals surface area (Å²) in [5, 5.41) is 12.2. The lowest BCUT2D eigenvalue weighted by Gasteiger charge is -1.98. The molecule has 2 aromatic heterocycles. The summed E-state index contributed by atoms with van der Waals surface area (Å²) in [6.45, 7) is 0. The average Bonchev–Trinajstić information content (AvgIpc) is 2.45. The molecule has 0 atom stereocenters. The fourth-order valence-corrected chi connectivity index (χ4v) is 1.01. The Morgan fingerprint density at radius 2 is 2.07 bits per heavy atom. The standard InChI is InChI=1S/C7H4F3N3O/c8-7(9,10)5-1-6-11-2-4(14)3-13(6)12-5/h1-3,14H. The van der Waals surface area contributed by atoms with Gasteiger partial charge in [-0.2, -0.15) is 18.3 Å². The van der Waals surface area contributed by atoms with E-state index in [0.29, 0.717) is 0 Å². The predicted molar refractivity (Wildman–Crippen MR) is 39.7 cm³/mol. The lowest BCUT2D eigenvalue weighted by atomic mass is 10.4. The number of hydrogen-bond donors (Lipinski definition) is 1. The van der Waals surface area contributed by atoms with Crippen molar-refractivity contribution < 1.29 is 18.3 Å². The Labute approximate surface area is 75.6 Å². The summed E-state index contributed by atoms with van der Waals surface area (Å²) in [4.78, 5) is 3.57. The molecule has 7 heteroatoms. The van der Waals surface area contributed by atoms with Crippen LogP contribution in [0.1, 0.15) is 5.69 Å². The van der Waals surface area contributed by atoms with E-state index in [-0.39, 0.29) is 11.4 Å². The first-order chi connectivity index (χ1) is 6.47. The highest BCUT2D eigenvalue weighted by atomic mass is 19.4. The highest BCUT2D eigenvalue weighted by molar-refractivity contribution is 5.40. The molecule has 4 nitrogen and oxygen atoms in total. The van der Waals surface area contributed by atoms with Crippen LogP contribution >= 0.6 is 0 Å². The van der Waals surface area contributed by atoms with Gasteiger partial charge in [-0.1, -0.05) is 0 Å². The molecule has 0 fully saturated rings. The maximum Gasteiger partial charge on any atom is 0.435 e. The third-order valence-electron chi connectivity index (χ3n) is 1.59. The van der Waals surface area contributed by atoms with Crippen molar-refractivity contribution in [3.05, 3.63) is 24.2 Å². The smallest absolute Gasteiger partial charge is 0.435 e. The summed E-state index contributed by atoms with van der Waals surface area (Å²) in [7, 11) is 0. The van der Waals surface area contributed by atoms with Crippen LogP contribution in [0.4, 0.5) is 13.2 Å². The van der Waals surface area contributed by atoms with Crippen molar-refractivity contribution in [3.63, 3.8) is 0 Å². The number of nitrogens with zero attached hydrogens (tertiary/aromatic N) is 3. The van der Waals surface area contributed by atoms with E-state index in [1.54, 1.807) is 0 Å². The fourth-order valence-electron chi connectivity index (χ4n) is 1.01. The van der Waals surface area contributed by atoms with Gasteiger partial charge < -0.3 is 5.11 Å². The third kappa shape index (κ3) is 1.36. The number of aromatic hydroxyl groups is 1. The first kappa shape index (κ1) is 8.79. The van der Waals surface area contributed by atoms with Crippen LogP contribution in [0, 0.1) is 0 Å². The molecule has 0 unspecified atom stereocenters. The Morgan fingerprint density at radius 3 is 2.71 bits per heavy atom. The van der Waals surface area contributed by atoms with Crippen LogP contribution in [0.5, 0.6) is 5.75 Å². The highest BCUT2D eigenvalue weighted by Crippen LogP contribution is 2.28. The summed E-state index contributed by atoms with van der Waals surface area (Å²) < 4.78 is 37.4. The predicted octanol–water partition coefficient (Wildman–Crippen LogP) is 1.45. The van der Waals surface area contributed by atoms with Gasteiger partial charge >= 0.3 is 6.18 Å². The van der Waals surface area contributed by atoms with E-state index >= 15 is 0 Å². The van der Waals surface area contributed by atoms with Crippen LogP contribution in [-0.4, -0.2) is 19.7 Å². The molecule has 0 aliphatic carbocycles. The number of hydrogen-bond acceptors (Lipinski definition) is 3. The molecular formula is C7H4F3N3O. The van der Waals surface area contributed by atoms with Crippen LogP contribution in [0.3, 0.4) is 0 Å².